The molecule has 0 aliphatic carbocycles. The number of carbonyl (C=O) groups is 2. The first kappa shape index (κ1) is 28.6. The van der Waals surface area contributed by atoms with E-state index in [1.54, 1.807) is 7.05 Å². The van der Waals surface area contributed by atoms with Gasteiger partial charge in [-0.15, -0.1) is 0 Å². The second-order valence-corrected chi connectivity index (χ2v) is 8.35. The van der Waals surface area contributed by atoms with Gasteiger partial charge in [-0.1, -0.05) is 70.4 Å². The third kappa shape index (κ3) is 18.7. The second-order valence-electron chi connectivity index (χ2n) is 8.35. The first-order valence-corrected chi connectivity index (χ1v) is 12.5. The Kier molecular flexibility index (Phi) is 21.3. The quantitative estimate of drug-likeness (QED) is 0.171. The first-order chi connectivity index (χ1) is 14.7. The average Bonchev–Trinajstić information content (AvgIpc) is 2.75. The largest absolute Gasteiger partial charge is 0.357 e. The van der Waals surface area contributed by atoms with Crippen LogP contribution in [-0.2, 0) is 9.59 Å². The summed E-state index contributed by atoms with van der Waals surface area (Å²) in [5.74, 6) is -0.140. The van der Waals surface area contributed by atoms with Gasteiger partial charge >= 0.3 is 0 Å². The van der Waals surface area contributed by atoms with Crippen LogP contribution in [-0.4, -0.2) is 31.4 Å². The van der Waals surface area contributed by atoms with E-state index in [1.807, 2.05) is 0 Å². The molecule has 30 heavy (non-hydrogen) atoms. The summed E-state index contributed by atoms with van der Waals surface area (Å²) in [5.41, 5.74) is 5.50. The maximum Gasteiger partial charge on any atom is 0.242 e. The monoisotopic (exact) mass is 423 g/mol. The minimum Gasteiger partial charge on any atom is -0.357 e. The normalized spacial score (nSPS) is 12.2. The average molecular weight is 424 g/mol. The van der Waals surface area contributed by atoms with E-state index in [0.29, 0.717) is 19.4 Å². The van der Waals surface area contributed by atoms with E-state index >= 15 is 0 Å². The van der Waals surface area contributed by atoms with Gasteiger partial charge in [-0.3, -0.25) is 9.59 Å². The fraction of sp³-hybridized carbons (Fsp3) is 0.840. The summed E-state index contributed by atoms with van der Waals surface area (Å²) in [5, 5.41) is 5.50. The second kappa shape index (κ2) is 22.3. The Bertz CT molecular complexity index is 438. The molecule has 4 N–H and O–H groups in total. The molecule has 0 aromatic carbocycles. The van der Waals surface area contributed by atoms with E-state index in [0.717, 1.165) is 25.7 Å². The van der Waals surface area contributed by atoms with Crippen molar-refractivity contribution in [2.75, 3.05) is 13.6 Å². The number of amides is 2. The molecule has 0 spiro atoms. The van der Waals surface area contributed by atoms with Gasteiger partial charge in [-0.2, -0.15) is 0 Å². The molecule has 0 radical (unpaired) electrons. The van der Waals surface area contributed by atoms with Gasteiger partial charge in [0.2, 0.25) is 11.8 Å². The molecule has 0 saturated heterocycles. The molecule has 0 aromatic rings. The molecule has 0 rings (SSSR count). The fourth-order valence-electron chi connectivity index (χ4n) is 3.56. The number of unbranched alkanes of at least 4 members (excludes halogenated alkanes) is 12. The Labute approximate surface area is 186 Å². The summed E-state index contributed by atoms with van der Waals surface area (Å²) < 4.78 is 0. The van der Waals surface area contributed by atoms with Crippen molar-refractivity contribution < 1.29 is 9.59 Å². The third-order valence-corrected chi connectivity index (χ3v) is 5.51. The Morgan fingerprint density at radius 1 is 0.800 bits per heavy atom. The van der Waals surface area contributed by atoms with Gasteiger partial charge in [-0.25, -0.2) is 0 Å². The van der Waals surface area contributed by atoms with Gasteiger partial charge in [0.15, 0.2) is 0 Å². The van der Waals surface area contributed by atoms with Crippen LogP contribution in [0.2, 0.25) is 0 Å². The van der Waals surface area contributed by atoms with Crippen LogP contribution in [0.5, 0.6) is 0 Å². The zero-order chi connectivity index (χ0) is 22.3. The highest BCUT2D eigenvalue weighted by Gasteiger charge is 2.18. The Balaban J connectivity index is 3.60. The van der Waals surface area contributed by atoms with Gasteiger partial charge in [-0.05, 0) is 57.9 Å². The van der Waals surface area contributed by atoms with Crippen molar-refractivity contribution in [3.8, 4) is 0 Å². The number of likely N-dealkylation sites (N-methyl/N-ethyl adjacent to an activating group) is 1. The molecule has 0 fully saturated rings. The maximum absolute atomic E-state index is 12.1. The smallest absolute Gasteiger partial charge is 0.242 e. The number of nitrogens with one attached hydrogen (secondary N) is 2. The van der Waals surface area contributed by atoms with Crippen molar-refractivity contribution in [3.63, 3.8) is 0 Å². The molecule has 1 atom stereocenters. The van der Waals surface area contributed by atoms with Crippen LogP contribution in [0.4, 0.5) is 0 Å². The predicted octanol–water partition coefficient (Wildman–Crippen LogP) is 5.38. The highest BCUT2D eigenvalue weighted by atomic mass is 16.2. The molecule has 0 bridgehead atoms. The minimum atomic E-state index is -0.433. The van der Waals surface area contributed by atoms with Crippen LogP contribution >= 0.6 is 0 Å². The van der Waals surface area contributed by atoms with Gasteiger partial charge in [0.1, 0.15) is 6.04 Å². The summed E-state index contributed by atoms with van der Waals surface area (Å²) in [7, 11) is 1.61. The number of nitrogens with two attached hydrogens (primary N) is 1. The number of rotatable bonds is 21. The molecule has 176 valence electrons. The topological polar surface area (TPSA) is 84.2 Å². The van der Waals surface area contributed by atoms with Gasteiger partial charge < -0.3 is 16.4 Å². The fourth-order valence-corrected chi connectivity index (χ4v) is 3.56. The Morgan fingerprint density at radius 2 is 1.37 bits per heavy atom. The van der Waals surface area contributed by atoms with Crippen LogP contribution < -0.4 is 16.4 Å². The summed E-state index contributed by atoms with van der Waals surface area (Å²) in [6.45, 7) is 2.87. The highest BCUT2D eigenvalue weighted by Crippen LogP contribution is 2.10. The van der Waals surface area contributed by atoms with Gasteiger partial charge in [0.25, 0.3) is 0 Å². The van der Waals surface area contributed by atoms with Gasteiger partial charge in [0.05, 0.1) is 0 Å². The molecule has 5 heteroatoms. The lowest BCUT2D eigenvalue weighted by molar-refractivity contribution is -0.129. The lowest BCUT2D eigenvalue weighted by atomic mass is 10.1. The lowest BCUT2D eigenvalue weighted by Gasteiger charge is -2.17. The molecule has 5 nitrogen and oxygen atoms in total. The van der Waals surface area contributed by atoms with Crippen molar-refractivity contribution in [1.29, 1.82) is 0 Å². The molecule has 1 unspecified atom stereocenters. The molecular formula is C25H49N3O2. The first-order valence-electron chi connectivity index (χ1n) is 12.5. The minimum absolute atomic E-state index is 0.0195. The summed E-state index contributed by atoms with van der Waals surface area (Å²) >= 11 is 0. The molecule has 0 heterocycles. The van der Waals surface area contributed by atoms with Crippen LogP contribution in [0.25, 0.3) is 0 Å². The molecular weight excluding hydrogens is 374 g/mol. The van der Waals surface area contributed by atoms with E-state index in [9.17, 15) is 9.59 Å². The summed E-state index contributed by atoms with van der Waals surface area (Å²) in [6, 6.07) is -0.433. The molecule has 0 saturated carbocycles. The zero-order valence-electron chi connectivity index (χ0n) is 19.9. The van der Waals surface area contributed by atoms with Crippen molar-refractivity contribution in [1.82, 2.24) is 10.6 Å². The van der Waals surface area contributed by atoms with E-state index in [1.165, 1.54) is 70.6 Å². The molecule has 0 aliphatic rings. The standard InChI is InChI=1S/C25H49N3O2/c1-3-4-5-6-7-8-9-10-11-12-13-14-15-16-17-21-24(29)28-23(25(30)27-2)20-18-19-22-26/h10-11,23H,3-9,12-22,26H2,1-2H3,(H,27,30)(H,28,29). The van der Waals surface area contributed by atoms with E-state index in [-0.39, 0.29) is 11.8 Å². The molecule has 0 aromatic heterocycles. The van der Waals surface area contributed by atoms with E-state index in [4.69, 9.17) is 5.73 Å². The number of allylic oxidation sites excluding steroid dienone is 2. The van der Waals surface area contributed by atoms with Crippen molar-refractivity contribution in [2.24, 2.45) is 5.73 Å². The summed E-state index contributed by atoms with van der Waals surface area (Å²) in [4.78, 5) is 24.0. The third-order valence-electron chi connectivity index (χ3n) is 5.51. The lowest BCUT2D eigenvalue weighted by Crippen LogP contribution is -2.45. The maximum atomic E-state index is 12.1. The SMILES string of the molecule is CCCCCCCCC=CCCCCCCCC(=O)NC(CCCCN)C(=O)NC. The molecule has 0 aliphatic heterocycles. The predicted molar refractivity (Wildman–Crippen MR) is 128 cm³/mol. The van der Waals surface area contributed by atoms with Crippen LogP contribution in [0.1, 0.15) is 116 Å². The molecule has 2 amide bonds. The van der Waals surface area contributed by atoms with Crippen LogP contribution in [0.3, 0.4) is 0 Å². The number of hydrogen-bond donors (Lipinski definition) is 3. The van der Waals surface area contributed by atoms with Crippen LogP contribution in [0.15, 0.2) is 12.2 Å². The zero-order valence-corrected chi connectivity index (χ0v) is 19.9. The summed E-state index contributed by atoms with van der Waals surface area (Å²) in [6.07, 6.45) is 23.7. The highest BCUT2D eigenvalue weighted by molar-refractivity contribution is 5.87. The van der Waals surface area contributed by atoms with Crippen molar-refractivity contribution in [3.05, 3.63) is 12.2 Å². The number of hydrogen-bond acceptors (Lipinski definition) is 3. The van der Waals surface area contributed by atoms with E-state index < -0.39 is 6.04 Å². The van der Waals surface area contributed by atoms with Crippen molar-refractivity contribution >= 4 is 11.8 Å². The van der Waals surface area contributed by atoms with Crippen LogP contribution in [0, 0.1) is 0 Å². The van der Waals surface area contributed by atoms with E-state index in [2.05, 4.69) is 29.7 Å². The Morgan fingerprint density at radius 3 is 1.93 bits per heavy atom. The Hall–Kier alpha value is -1.36. The van der Waals surface area contributed by atoms with Gasteiger partial charge in [0, 0.05) is 13.5 Å². The van der Waals surface area contributed by atoms with Crippen molar-refractivity contribution in [2.45, 2.75) is 122 Å². The number of carbonyl (C=O) groups excluding carboxylic acids is 2.